The van der Waals surface area contributed by atoms with Gasteiger partial charge in [-0.25, -0.2) is 0 Å². The third-order valence-corrected chi connectivity index (χ3v) is 7.23. The van der Waals surface area contributed by atoms with Crippen LogP contribution in [-0.4, -0.2) is 21.8 Å². The Hall–Kier alpha value is -4.33. The highest BCUT2D eigenvalue weighted by molar-refractivity contribution is 7.80. The van der Waals surface area contributed by atoms with Crippen molar-refractivity contribution in [2.24, 2.45) is 0 Å². The average Bonchev–Trinajstić information content (AvgIpc) is 3.59. The highest BCUT2D eigenvalue weighted by Gasteiger charge is 2.42. The van der Waals surface area contributed by atoms with Crippen LogP contribution in [0.3, 0.4) is 0 Å². The van der Waals surface area contributed by atoms with Crippen LogP contribution in [0.2, 0.25) is 5.02 Å². The summed E-state index contributed by atoms with van der Waals surface area (Å²) in [4.78, 5) is 6.81. The van der Waals surface area contributed by atoms with Crippen LogP contribution in [0, 0.1) is 0 Å². The van der Waals surface area contributed by atoms with E-state index >= 15 is 0 Å². The number of ether oxygens (including phenoxy) is 2. The summed E-state index contributed by atoms with van der Waals surface area (Å²) in [6.07, 6.45) is 3.85. The Kier molecular flexibility index (Phi) is 6.92. The predicted molar refractivity (Wildman–Crippen MR) is 158 cm³/mol. The Balaban J connectivity index is 1.37. The normalized spacial score (nSPS) is 16.7. The molecule has 1 saturated heterocycles. The molecule has 1 aliphatic heterocycles. The predicted octanol–water partition coefficient (Wildman–Crippen LogP) is 7.50. The molecule has 0 radical (unpaired) electrons. The van der Waals surface area contributed by atoms with Crippen molar-refractivity contribution in [2.75, 3.05) is 12.0 Å². The molecule has 0 spiro atoms. The third kappa shape index (κ3) is 5.06. The van der Waals surface area contributed by atoms with E-state index in [4.69, 9.17) is 33.3 Å². The fourth-order valence-electron chi connectivity index (χ4n) is 4.88. The summed E-state index contributed by atoms with van der Waals surface area (Å²) in [6, 6.07) is 33.0. The Bertz CT molecular complexity index is 1590. The first kappa shape index (κ1) is 25.0. The molecule has 0 amide bonds. The first-order valence-electron chi connectivity index (χ1n) is 12.5. The third-order valence-electron chi connectivity index (χ3n) is 6.68. The van der Waals surface area contributed by atoms with E-state index in [2.05, 4.69) is 25.8 Å². The van der Waals surface area contributed by atoms with E-state index in [1.165, 1.54) is 0 Å². The van der Waals surface area contributed by atoms with Crippen LogP contribution in [-0.2, 0) is 0 Å². The van der Waals surface area contributed by atoms with Crippen molar-refractivity contribution in [1.82, 2.24) is 14.9 Å². The molecule has 5 aromatic rings. The van der Waals surface area contributed by atoms with E-state index in [-0.39, 0.29) is 12.1 Å². The molecular weight excluding hydrogens is 528 g/mol. The van der Waals surface area contributed by atoms with Gasteiger partial charge in [0.1, 0.15) is 23.3 Å². The quantitative estimate of drug-likeness (QED) is 0.211. The van der Waals surface area contributed by atoms with Crippen molar-refractivity contribution in [1.29, 1.82) is 0 Å². The van der Waals surface area contributed by atoms with Crippen LogP contribution in [0.15, 0.2) is 116 Å². The molecule has 1 N–H and O–H groups in total. The van der Waals surface area contributed by atoms with Gasteiger partial charge in [0, 0.05) is 34.5 Å². The second kappa shape index (κ2) is 10.8. The minimum Gasteiger partial charge on any atom is -0.497 e. The van der Waals surface area contributed by atoms with Gasteiger partial charge >= 0.3 is 0 Å². The Morgan fingerprint density at radius 3 is 2.26 bits per heavy atom. The minimum absolute atomic E-state index is 0.165. The van der Waals surface area contributed by atoms with Gasteiger partial charge in [-0.15, -0.1) is 0 Å². The van der Waals surface area contributed by atoms with Gasteiger partial charge in [0.2, 0.25) is 0 Å². The van der Waals surface area contributed by atoms with Crippen LogP contribution < -0.4 is 19.7 Å². The van der Waals surface area contributed by atoms with Gasteiger partial charge in [-0.3, -0.25) is 4.98 Å². The van der Waals surface area contributed by atoms with E-state index in [0.717, 1.165) is 40.0 Å². The molecule has 6 nitrogen and oxygen atoms in total. The van der Waals surface area contributed by atoms with Gasteiger partial charge in [0.15, 0.2) is 5.11 Å². The summed E-state index contributed by atoms with van der Waals surface area (Å²) < 4.78 is 13.4. The summed E-state index contributed by atoms with van der Waals surface area (Å²) in [5.41, 5.74) is 3.88. The molecule has 1 fully saturated rings. The van der Waals surface area contributed by atoms with Crippen LogP contribution in [0.1, 0.15) is 23.5 Å². The van der Waals surface area contributed by atoms with E-state index in [1.54, 1.807) is 13.3 Å². The molecule has 1 aliphatic rings. The Morgan fingerprint density at radius 1 is 0.821 bits per heavy atom. The van der Waals surface area contributed by atoms with Gasteiger partial charge in [-0.2, -0.15) is 0 Å². The molecule has 2 atom stereocenters. The SMILES string of the molecule is COc1ccc(Oc2ccc(N3C(=S)N[C@@H](c4ccccn4)[C@@H]3c3cccn3-c3cccc(Cl)c3)cc2)cc1. The molecule has 194 valence electrons. The maximum Gasteiger partial charge on any atom is 0.174 e. The number of methoxy groups -OCH3 is 1. The Labute approximate surface area is 237 Å². The van der Waals surface area contributed by atoms with Crippen molar-refractivity contribution >= 4 is 34.6 Å². The molecular formula is C31H25ClN4O2S. The molecule has 3 heterocycles. The zero-order valence-electron chi connectivity index (χ0n) is 21.1. The first-order valence-corrected chi connectivity index (χ1v) is 13.3. The maximum atomic E-state index is 6.35. The lowest BCUT2D eigenvalue weighted by molar-refractivity contribution is 0.413. The number of halogens is 1. The topological polar surface area (TPSA) is 51.6 Å². The summed E-state index contributed by atoms with van der Waals surface area (Å²) >= 11 is 12.3. The van der Waals surface area contributed by atoms with E-state index in [1.807, 2.05) is 103 Å². The van der Waals surface area contributed by atoms with Crippen molar-refractivity contribution in [3.05, 3.63) is 132 Å². The fourth-order valence-corrected chi connectivity index (χ4v) is 5.41. The highest BCUT2D eigenvalue weighted by atomic mass is 35.5. The second-order valence-corrected chi connectivity index (χ2v) is 9.87. The Morgan fingerprint density at radius 2 is 1.56 bits per heavy atom. The van der Waals surface area contributed by atoms with Crippen molar-refractivity contribution in [3.8, 4) is 22.9 Å². The average molecular weight is 553 g/mol. The van der Waals surface area contributed by atoms with Gasteiger partial charge in [0.25, 0.3) is 0 Å². The van der Waals surface area contributed by atoms with E-state index in [0.29, 0.717) is 10.1 Å². The molecule has 3 aromatic carbocycles. The number of thiocarbonyl (C=S) groups is 1. The summed E-state index contributed by atoms with van der Waals surface area (Å²) in [6.45, 7) is 0. The molecule has 0 aliphatic carbocycles. The van der Waals surface area contributed by atoms with Gasteiger partial charge in [-0.05, 0) is 103 Å². The van der Waals surface area contributed by atoms with E-state index < -0.39 is 0 Å². The number of nitrogens with zero attached hydrogens (tertiary/aromatic N) is 3. The molecule has 8 heteroatoms. The number of rotatable bonds is 7. The monoisotopic (exact) mass is 552 g/mol. The lowest BCUT2D eigenvalue weighted by Crippen LogP contribution is -2.30. The smallest absolute Gasteiger partial charge is 0.174 e. The number of aromatic nitrogens is 2. The molecule has 2 aromatic heterocycles. The van der Waals surface area contributed by atoms with Crippen LogP contribution in [0.4, 0.5) is 5.69 Å². The van der Waals surface area contributed by atoms with Gasteiger partial charge in [-0.1, -0.05) is 23.7 Å². The maximum absolute atomic E-state index is 6.35. The summed E-state index contributed by atoms with van der Waals surface area (Å²) in [5, 5.41) is 4.83. The molecule has 6 rings (SSSR count). The largest absolute Gasteiger partial charge is 0.497 e. The molecule has 0 bridgehead atoms. The number of benzene rings is 3. The summed E-state index contributed by atoms with van der Waals surface area (Å²) in [5.74, 6) is 2.24. The number of pyridine rings is 1. The van der Waals surface area contributed by atoms with Crippen molar-refractivity contribution in [3.63, 3.8) is 0 Å². The second-order valence-electron chi connectivity index (χ2n) is 9.05. The van der Waals surface area contributed by atoms with Crippen LogP contribution in [0.5, 0.6) is 17.2 Å². The van der Waals surface area contributed by atoms with Gasteiger partial charge in [0.05, 0.1) is 18.8 Å². The van der Waals surface area contributed by atoms with Gasteiger partial charge < -0.3 is 24.3 Å². The minimum atomic E-state index is -0.172. The number of anilines is 1. The number of hydrogen-bond acceptors (Lipinski definition) is 4. The van der Waals surface area contributed by atoms with Crippen molar-refractivity contribution in [2.45, 2.75) is 12.1 Å². The molecule has 0 unspecified atom stereocenters. The molecule has 0 saturated carbocycles. The van der Waals surface area contributed by atoms with Crippen LogP contribution in [0.25, 0.3) is 5.69 Å². The van der Waals surface area contributed by atoms with Crippen molar-refractivity contribution < 1.29 is 9.47 Å². The standard InChI is InChI=1S/C31H25ClN4O2S/c1-37-24-14-16-26(17-15-24)38-25-12-10-22(11-13-25)36-30(29(34-31(36)39)27-8-2-3-18-33-27)28-9-5-19-35(28)23-7-4-6-21(32)20-23/h2-20,29-30H,1H3,(H,34,39)/t29-,30-/m0/s1. The number of nitrogens with one attached hydrogen (secondary N) is 1. The zero-order valence-corrected chi connectivity index (χ0v) is 22.6. The highest BCUT2D eigenvalue weighted by Crippen LogP contribution is 2.42. The lowest BCUT2D eigenvalue weighted by Gasteiger charge is -2.29. The fraction of sp³-hybridized carbons (Fsp3) is 0.0968. The summed E-state index contributed by atoms with van der Waals surface area (Å²) in [7, 11) is 1.64. The lowest BCUT2D eigenvalue weighted by atomic mass is 10.0. The van der Waals surface area contributed by atoms with E-state index in [9.17, 15) is 0 Å². The number of hydrogen-bond donors (Lipinski definition) is 1. The zero-order chi connectivity index (χ0) is 26.8. The van der Waals surface area contributed by atoms with Crippen LogP contribution >= 0.6 is 23.8 Å². The molecule has 39 heavy (non-hydrogen) atoms. The first-order chi connectivity index (χ1) is 19.1.